The van der Waals surface area contributed by atoms with Crippen molar-refractivity contribution >= 4 is 27.5 Å². The molecule has 1 N–H and O–H groups in total. The summed E-state index contributed by atoms with van der Waals surface area (Å²) >= 11 is 6.73. The Morgan fingerprint density at radius 3 is 2.53 bits per heavy atom. The van der Waals surface area contributed by atoms with Crippen LogP contribution < -0.4 is 4.72 Å². The molecule has 1 fully saturated rings. The molecule has 160 valence electrons. The smallest absolute Gasteiger partial charge is 0.259 e. The number of nitriles is 1. The molecule has 2 aromatic rings. The molecule has 1 aromatic heterocycles. The van der Waals surface area contributed by atoms with Gasteiger partial charge in [-0.25, -0.2) is 8.42 Å². The van der Waals surface area contributed by atoms with Crippen LogP contribution in [0.3, 0.4) is 0 Å². The number of benzene rings is 1. The van der Waals surface area contributed by atoms with Crippen molar-refractivity contribution in [3.8, 4) is 6.07 Å². The van der Waals surface area contributed by atoms with Crippen molar-refractivity contribution in [1.82, 2.24) is 14.2 Å². The van der Waals surface area contributed by atoms with Crippen LogP contribution in [0.5, 0.6) is 0 Å². The highest BCUT2D eigenvalue weighted by Gasteiger charge is 2.43. The number of rotatable bonds is 7. The molecule has 7 nitrogen and oxygen atoms in total. The van der Waals surface area contributed by atoms with Gasteiger partial charge >= 0.3 is 0 Å². The molecular formula is C21H25ClN4O3S. The van der Waals surface area contributed by atoms with Gasteiger partial charge in [0.05, 0.1) is 4.90 Å². The Labute approximate surface area is 182 Å². The quantitative estimate of drug-likeness (QED) is 0.520. The molecule has 0 saturated carbocycles. The lowest BCUT2D eigenvalue weighted by Gasteiger charge is -2.37. The standard InChI is InChI=1S/C21H25ClN4O3S/c1-17-9-13-26(14-10-17)20(27)21(22,11-15-25-12-5-6-18(25)16-23)24-30(28,29)19-7-3-2-4-8-19/h2-8,12,17,24H,9-11,13-15H2,1H3. The highest BCUT2D eigenvalue weighted by Crippen LogP contribution is 2.27. The highest BCUT2D eigenvalue weighted by molar-refractivity contribution is 7.89. The molecule has 1 aliphatic rings. The van der Waals surface area contributed by atoms with E-state index in [1.165, 1.54) is 12.1 Å². The number of piperidine rings is 1. The highest BCUT2D eigenvalue weighted by atomic mass is 35.5. The molecule has 0 bridgehead atoms. The Morgan fingerprint density at radius 2 is 1.90 bits per heavy atom. The van der Waals surface area contributed by atoms with Gasteiger partial charge in [0.15, 0.2) is 5.00 Å². The SMILES string of the molecule is CC1CCN(C(=O)C(Cl)(CCn2cccc2C#N)NS(=O)(=O)c2ccccc2)CC1. The molecule has 1 aromatic carbocycles. The average Bonchev–Trinajstić information content (AvgIpc) is 3.20. The van der Waals surface area contributed by atoms with Gasteiger partial charge in [-0.15, -0.1) is 0 Å². The molecule has 0 radical (unpaired) electrons. The number of nitrogens with one attached hydrogen (secondary N) is 1. The number of hydrogen-bond acceptors (Lipinski definition) is 4. The van der Waals surface area contributed by atoms with Crippen molar-refractivity contribution in [2.24, 2.45) is 5.92 Å². The summed E-state index contributed by atoms with van der Waals surface area (Å²) in [4.78, 5) is 13.1. The van der Waals surface area contributed by atoms with Gasteiger partial charge in [0.25, 0.3) is 5.91 Å². The van der Waals surface area contributed by atoms with Crippen LogP contribution >= 0.6 is 11.6 Å². The van der Waals surface area contributed by atoms with E-state index in [1.807, 2.05) is 0 Å². The molecular weight excluding hydrogens is 424 g/mol. The largest absolute Gasteiger partial charge is 0.340 e. The minimum Gasteiger partial charge on any atom is -0.340 e. The van der Waals surface area contributed by atoms with Crippen LogP contribution in [0.1, 0.15) is 31.9 Å². The van der Waals surface area contributed by atoms with Crippen LogP contribution in [-0.4, -0.2) is 41.9 Å². The normalized spacial score (nSPS) is 17.3. The molecule has 0 spiro atoms. The fourth-order valence-electron chi connectivity index (χ4n) is 3.52. The lowest BCUT2D eigenvalue weighted by molar-refractivity contribution is -0.136. The summed E-state index contributed by atoms with van der Waals surface area (Å²) in [6.45, 7) is 3.42. The van der Waals surface area contributed by atoms with Crippen molar-refractivity contribution in [3.63, 3.8) is 0 Å². The number of nitrogens with zero attached hydrogens (tertiary/aromatic N) is 3. The maximum absolute atomic E-state index is 13.3. The molecule has 2 heterocycles. The van der Waals surface area contributed by atoms with Crippen molar-refractivity contribution in [2.75, 3.05) is 13.1 Å². The fourth-order valence-corrected chi connectivity index (χ4v) is 5.28. The number of sulfonamides is 1. The number of halogens is 1. The van der Waals surface area contributed by atoms with E-state index in [2.05, 4.69) is 17.7 Å². The summed E-state index contributed by atoms with van der Waals surface area (Å²) in [6, 6.07) is 13.3. The van der Waals surface area contributed by atoms with Gasteiger partial charge in [-0.3, -0.25) is 4.79 Å². The second kappa shape index (κ2) is 9.21. The number of aryl methyl sites for hydroxylation is 1. The summed E-state index contributed by atoms with van der Waals surface area (Å²) < 4.78 is 30.0. The maximum Gasteiger partial charge on any atom is 0.259 e. The Balaban J connectivity index is 1.87. The van der Waals surface area contributed by atoms with Crippen molar-refractivity contribution in [2.45, 2.75) is 42.6 Å². The minimum absolute atomic E-state index is 0.00509. The van der Waals surface area contributed by atoms with Crippen molar-refractivity contribution < 1.29 is 13.2 Å². The monoisotopic (exact) mass is 448 g/mol. The van der Waals surface area contributed by atoms with E-state index in [1.54, 1.807) is 46.0 Å². The van der Waals surface area contributed by atoms with Crippen LogP contribution in [0, 0.1) is 17.2 Å². The van der Waals surface area contributed by atoms with Gasteiger partial charge in [-0.2, -0.15) is 9.98 Å². The van der Waals surface area contributed by atoms with Crippen LogP contribution in [0.15, 0.2) is 53.6 Å². The molecule has 30 heavy (non-hydrogen) atoms. The molecule has 3 rings (SSSR count). The molecule has 1 aliphatic heterocycles. The zero-order valence-corrected chi connectivity index (χ0v) is 18.4. The molecule has 1 saturated heterocycles. The molecule has 0 aliphatic carbocycles. The zero-order chi connectivity index (χ0) is 21.8. The molecule has 1 unspecified atom stereocenters. The zero-order valence-electron chi connectivity index (χ0n) is 16.8. The molecule has 9 heteroatoms. The van der Waals surface area contributed by atoms with E-state index in [-0.39, 0.29) is 17.9 Å². The topological polar surface area (TPSA) is 95.2 Å². The van der Waals surface area contributed by atoms with E-state index in [0.29, 0.717) is 24.7 Å². The van der Waals surface area contributed by atoms with E-state index < -0.39 is 20.9 Å². The van der Waals surface area contributed by atoms with Gasteiger partial charge in [0.2, 0.25) is 10.0 Å². The lowest BCUT2D eigenvalue weighted by Crippen LogP contribution is -2.57. The lowest BCUT2D eigenvalue weighted by atomic mass is 9.98. The Hall–Kier alpha value is -2.34. The van der Waals surface area contributed by atoms with Crippen LogP contribution in [0.2, 0.25) is 0 Å². The third-order valence-corrected chi connectivity index (χ3v) is 7.47. The maximum atomic E-state index is 13.3. The van der Waals surface area contributed by atoms with Crippen LogP contribution in [0.4, 0.5) is 0 Å². The third kappa shape index (κ3) is 5.04. The van der Waals surface area contributed by atoms with Crippen molar-refractivity contribution in [1.29, 1.82) is 5.26 Å². The Morgan fingerprint density at radius 1 is 1.23 bits per heavy atom. The summed E-state index contributed by atoms with van der Waals surface area (Å²) in [6.07, 6.45) is 3.39. The predicted octanol–water partition coefficient (Wildman–Crippen LogP) is 2.92. The number of alkyl halides is 1. The first-order chi connectivity index (χ1) is 14.2. The Bertz CT molecular complexity index is 1020. The van der Waals surface area contributed by atoms with E-state index >= 15 is 0 Å². The minimum atomic E-state index is -4.02. The summed E-state index contributed by atoms with van der Waals surface area (Å²) in [5.74, 6) is 0.0547. The van der Waals surface area contributed by atoms with Crippen LogP contribution in [0.25, 0.3) is 0 Å². The summed E-state index contributed by atoms with van der Waals surface area (Å²) in [7, 11) is -4.02. The summed E-state index contributed by atoms with van der Waals surface area (Å²) in [5.41, 5.74) is 0.416. The Kier molecular flexibility index (Phi) is 6.86. The first-order valence-corrected chi connectivity index (χ1v) is 11.7. The number of hydrogen-bond donors (Lipinski definition) is 1. The predicted molar refractivity (Wildman–Crippen MR) is 114 cm³/mol. The van der Waals surface area contributed by atoms with E-state index in [0.717, 1.165) is 12.8 Å². The number of amides is 1. The second-order valence-corrected chi connectivity index (χ2v) is 9.97. The number of likely N-dealkylation sites (tertiary alicyclic amines) is 1. The fraction of sp³-hybridized carbons (Fsp3) is 0.429. The third-order valence-electron chi connectivity index (χ3n) is 5.40. The van der Waals surface area contributed by atoms with Gasteiger partial charge in [-0.05, 0) is 43.0 Å². The van der Waals surface area contributed by atoms with E-state index in [4.69, 9.17) is 11.6 Å². The second-order valence-electron chi connectivity index (χ2n) is 7.64. The number of carbonyl (C=O) groups is 1. The van der Waals surface area contributed by atoms with Crippen LogP contribution in [-0.2, 0) is 21.4 Å². The summed E-state index contributed by atoms with van der Waals surface area (Å²) in [5, 5.41) is 9.22. The van der Waals surface area contributed by atoms with Gasteiger partial charge in [0.1, 0.15) is 11.8 Å². The molecule has 1 amide bonds. The van der Waals surface area contributed by atoms with E-state index in [9.17, 15) is 18.5 Å². The molecule has 1 atom stereocenters. The van der Waals surface area contributed by atoms with Gasteiger partial charge in [0, 0.05) is 32.3 Å². The van der Waals surface area contributed by atoms with Crippen molar-refractivity contribution in [3.05, 3.63) is 54.4 Å². The van der Waals surface area contributed by atoms with Gasteiger partial charge in [-0.1, -0.05) is 36.7 Å². The number of aromatic nitrogens is 1. The number of carbonyl (C=O) groups excluding carboxylic acids is 1. The first-order valence-electron chi connectivity index (χ1n) is 9.88. The average molecular weight is 449 g/mol. The first kappa shape index (κ1) is 22.3. The van der Waals surface area contributed by atoms with Gasteiger partial charge < -0.3 is 9.47 Å².